The van der Waals surface area contributed by atoms with Gasteiger partial charge in [0.2, 0.25) is 0 Å². The third-order valence-electron chi connectivity index (χ3n) is 5.25. The average molecular weight is 444 g/mol. The highest BCUT2D eigenvalue weighted by Gasteiger charge is 2.19. The fourth-order valence-corrected chi connectivity index (χ4v) is 3.68. The van der Waals surface area contributed by atoms with Crippen molar-refractivity contribution in [3.63, 3.8) is 0 Å². The first-order chi connectivity index (χ1) is 16.0. The number of carbonyl (C=O) groups excluding carboxylic acids is 1. The number of carbonyl (C=O) groups is 1. The monoisotopic (exact) mass is 443 g/mol. The Bertz CT molecular complexity index is 1330. The van der Waals surface area contributed by atoms with Crippen LogP contribution in [0.25, 0.3) is 16.4 Å². The van der Waals surface area contributed by atoms with Gasteiger partial charge in [0.1, 0.15) is 23.3 Å². The number of nitrogens with zero attached hydrogens (tertiary/aromatic N) is 3. The molecule has 0 saturated carbocycles. The maximum atomic E-state index is 12.2. The number of hydrogen-bond donors (Lipinski definition) is 0. The van der Waals surface area contributed by atoms with Crippen LogP contribution in [0.3, 0.4) is 0 Å². The van der Waals surface area contributed by atoms with Crippen LogP contribution in [0.4, 0.5) is 4.79 Å². The van der Waals surface area contributed by atoms with E-state index in [-0.39, 0.29) is 0 Å². The Labute approximate surface area is 192 Å². The van der Waals surface area contributed by atoms with Gasteiger partial charge in [0.25, 0.3) is 0 Å². The Morgan fingerprint density at radius 2 is 1.82 bits per heavy atom. The van der Waals surface area contributed by atoms with E-state index < -0.39 is 6.09 Å². The molecule has 4 aromatic rings. The fourth-order valence-electron chi connectivity index (χ4n) is 3.68. The highest BCUT2D eigenvalue weighted by Crippen LogP contribution is 2.37. The summed E-state index contributed by atoms with van der Waals surface area (Å²) >= 11 is 0. The topological polar surface area (TPSA) is 76.2 Å². The molecule has 4 rings (SSSR count). The lowest BCUT2D eigenvalue weighted by atomic mass is 10.1. The predicted molar refractivity (Wildman–Crippen MR) is 126 cm³/mol. The molecule has 0 atom stereocenters. The third-order valence-corrected chi connectivity index (χ3v) is 5.25. The lowest BCUT2D eigenvalue weighted by molar-refractivity contribution is 0.172. The quantitative estimate of drug-likeness (QED) is 0.400. The van der Waals surface area contributed by atoms with Crippen molar-refractivity contribution in [2.24, 2.45) is 0 Å². The molecule has 0 radical (unpaired) electrons. The molecule has 0 bridgehead atoms. The second kappa shape index (κ2) is 9.53. The molecular formula is C26H25N3O4. The van der Waals surface area contributed by atoms with E-state index >= 15 is 0 Å². The molecule has 168 valence electrons. The molecular weight excluding hydrogens is 418 g/mol. The van der Waals surface area contributed by atoms with Crippen LogP contribution < -0.4 is 14.2 Å². The van der Waals surface area contributed by atoms with Crippen molar-refractivity contribution in [3.8, 4) is 23.3 Å². The van der Waals surface area contributed by atoms with Gasteiger partial charge in [-0.3, -0.25) is 0 Å². The van der Waals surface area contributed by atoms with Crippen molar-refractivity contribution in [2.75, 3.05) is 27.3 Å². The molecule has 0 aliphatic heterocycles. The van der Waals surface area contributed by atoms with Crippen LogP contribution >= 0.6 is 0 Å². The van der Waals surface area contributed by atoms with Gasteiger partial charge in [0.05, 0.1) is 35.2 Å². The molecule has 7 nitrogen and oxygen atoms in total. The fraction of sp³-hybridized carbons (Fsp3) is 0.231. The molecule has 0 aliphatic carbocycles. The van der Waals surface area contributed by atoms with Crippen LogP contribution in [0.1, 0.15) is 18.1 Å². The second-order valence-electron chi connectivity index (χ2n) is 7.70. The summed E-state index contributed by atoms with van der Waals surface area (Å²) < 4.78 is 19.1. The van der Waals surface area contributed by atoms with Crippen molar-refractivity contribution in [1.82, 2.24) is 9.30 Å². The van der Waals surface area contributed by atoms with E-state index in [4.69, 9.17) is 14.2 Å². The number of fused-ring (bicyclic) bond motifs is 3. The minimum absolute atomic E-state index is 0.352. The van der Waals surface area contributed by atoms with Gasteiger partial charge in [-0.25, -0.2) is 4.79 Å². The molecule has 0 fully saturated rings. The second-order valence-corrected chi connectivity index (χ2v) is 7.70. The largest absolute Gasteiger partial charge is 0.494 e. The van der Waals surface area contributed by atoms with E-state index in [0.717, 1.165) is 22.3 Å². The summed E-state index contributed by atoms with van der Waals surface area (Å²) in [4.78, 5) is 13.5. The molecule has 0 spiro atoms. The third kappa shape index (κ3) is 4.55. The molecule has 33 heavy (non-hydrogen) atoms. The first-order valence-corrected chi connectivity index (χ1v) is 10.7. The Morgan fingerprint density at radius 3 is 2.52 bits per heavy atom. The van der Waals surface area contributed by atoms with E-state index in [0.29, 0.717) is 42.1 Å². The number of ether oxygens (including phenoxy) is 3. The van der Waals surface area contributed by atoms with Crippen molar-refractivity contribution in [1.29, 1.82) is 5.26 Å². The van der Waals surface area contributed by atoms with E-state index in [2.05, 4.69) is 6.07 Å². The van der Waals surface area contributed by atoms with E-state index in [1.807, 2.05) is 60.0 Å². The van der Waals surface area contributed by atoms with Crippen LogP contribution in [0.15, 0.2) is 60.8 Å². The van der Waals surface area contributed by atoms with E-state index in [9.17, 15) is 10.1 Å². The molecule has 2 heterocycles. The predicted octanol–water partition coefficient (Wildman–Crippen LogP) is 5.04. The van der Waals surface area contributed by atoms with Gasteiger partial charge >= 0.3 is 6.09 Å². The van der Waals surface area contributed by atoms with Crippen LogP contribution in [0.5, 0.6) is 17.2 Å². The Hall–Kier alpha value is -4.18. The Morgan fingerprint density at radius 1 is 1.03 bits per heavy atom. The number of hydrogen-bond acceptors (Lipinski definition) is 5. The van der Waals surface area contributed by atoms with Crippen molar-refractivity contribution in [2.45, 2.75) is 13.3 Å². The first-order valence-electron chi connectivity index (χ1n) is 10.7. The zero-order valence-electron chi connectivity index (χ0n) is 18.9. The molecule has 7 heteroatoms. The van der Waals surface area contributed by atoms with Gasteiger partial charge in [0, 0.05) is 38.8 Å². The summed E-state index contributed by atoms with van der Waals surface area (Å²) in [5.74, 6) is 1.68. The van der Waals surface area contributed by atoms with E-state index in [1.54, 1.807) is 26.2 Å². The van der Waals surface area contributed by atoms with Crippen LogP contribution in [-0.2, 0) is 6.42 Å². The highest BCUT2D eigenvalue weighted by atomic mass is 16.6. The number of nitriles is 1. The summed E-state index contributed by atoms with van der Waals surface area (Å²) in [5.41, 5.74) is 3.13. The van der Waals surface area contributed by atoms with Crippen LogP contribution in [0.2, 0.25) is 0 Å². The zero-order valence-corrected chi connectivity index (χ0v) is 18.9. The van der Waals surface area contributed by atoms with Gasteiger partial charge in [0.15, 0.2) is 0 Å². The summed E-state index contributed by atoms with van der Waals surface area (Å²) in [6.45, 7) is 2.97. The van der Waals surface area contributed by atoms with Gasteiger partial charge in [-0.2, -0.15) is 5.26 Å². The van der Waals surface area contributed by atoms with Crippen molar-refractivity contribution in [3.05, 3.63) is 71.9 Å². The summed E-state index contributed by atoms with van der Waals surface area (Å²) in [6, 6.07) is 19.3. The van der Waals surface area contributed by atoms with Crippen LogP contribution in [0, 0.1) is 11.3 Å². The smallest absolute Gasteiger partial charge is 0.414 e. The van der Waals surface area contributed by atoms with Gasteiger partial charge in [-0.15, -0.1) is 0 Å². The van der Waals surface area contributed by atoms with Gasteiger partial charge in [-0.1, -0.05) is 18.2 Å². The number of aromatic nitrogens is 1. The number of rotatable bonds is 7. The van der Waals surface area contributed by atoms with Crippen LogP contribution in [-0.4, -0.2) is 42.7 Å². The molecule has 0 aliphatic rings. The molecule has 0 unspecified atom stereocenters. The molecule has 2 aromatic heterocycles. The normalized spacial score (nSPS) is 10.7. The lowest BCUT2D eigenvalue weighted by Gasteiger charge is -2.13. The lowest BCUT2D eigenvalue weighted by Crippen LogP contribution is -2.25. The standard InChI is InChI=1S/C26H25N3O4/c1-4-31-19-10-8-18(9-11-19)12-14-32-24-16-20(33-26(30)28(2)3)15-23-25(24)21(17-27)22-7-5-6-13-29(22)23/h5-11,13,15-16H,4,12,14H2,1-3H3. The molecule has 2 aromatic carbocycles. The summed E-state index contributed by atoms with van der Waals surface area (Å²) in [7, 11) is 3.24. The van der Waals surface area contributed by atoms with Crippen molar-refractivity contribution < 1.29 is 19.0 Å². The average Bonchev–Trinajstić information content (AvgIpc) is 3.14. The molecule has 1 amide bonds. The number of benzene rings is 2. The zero-order chi connectivity index (χ0) is 23.4. The van der Waals surface area contributed by atoms with Gasteiger partial charge < -0.3 is 23.5 Å². The Balaban J connectivity index is 1.68. The molecule has 0 N–H and O–H groups in total. The number of pyridine rings is 1. The minimum Gasteiger partial charge on any atom is -0.494 e. The number of amides is 1. The Kier molecular flexibility index (Phi) is 6.36. The maximum absolute atomic E-state index is 12.2. The van der Waals surface area contributed by atoms with Gasteiger partial charge in [-0.05, 0) is 36.8 Å². The summed E-state index contributed by atoms with van der Waals surface area (Å²) in [5, 5.41) is 10.6. The summed E-state index contributed by atoms with van der Waals surface area (Å²) in [6.07, 6.45) is 2.06. The van der Waals surface area contributed by atoms with E-state index in [1.165, 1.54) is 4.90 Å². The first kappa shape index (κ1) is 22.0. The highest BCUT2D eigenvalue weighted by molar-refractivity contribution is 6.00. The molecule has 0 saturated heterocycles. The maximum Gasteiger partial charge on any atom is 0.414 e. The minimum atomic E-state index is -0.490. The van der Waals surface area contributed by atoms with Crippen molar-refractivity contribution >= 4 is 22.5 Å². The SMILES string of the molecule is CCOc1ccc(CCOc2cc(OC(=O)N(C)C)cc3c2c(C#N)c2ccccn23)cc1.